The summed E-state index contributed by atoms with van der Waals surface area (Å²) in [4.78, 5) is 0. The van der Waals surface area contributed by atoms with Gasteiger partial charge in [-0.2, -0.15) is 0 Å². The van der Waals surface area contributed by atoms with Crippen LogP contribution in [-0.2, 0) is 6.42 Å². The lowest BCUT2D eigenvalue weighted by atomic mass is 9.85. The van der Waals surface area contributed by atoms with Crippen molar-refractivity contribution in [3.05, 3.63) is 95.6 Å². The minimum atomic E-state index is -0.510. The molecule has 0 spiro atoms. The van der Waals surface area contributed by atoms with Gasteiger partial charge in [0.25, 0.3) is 0 Å². The van der Waals surface area contributed by atoms with Crippen LogP contribution in [-0.4, -0.2) is 25.4 Å². The Labute approximate surface area is 200 Å². The molecular weight excluding hydrogens is 424 g/mol. The Bertz CT molecular complexity index is 1340. The van der Waals surface area contributed by atoms with Crippen molar-refractivity contribution in [3.63, 3.8) is 0 Å². The van der Waals surface area contributed by atoms with Gasteiger partial charge in [-0.1, -0.05) is 66.7 Å². The normalized spacial score (nSPS) is 15.5. The maximum atomic E-state index is 10.5. The van der Waals surface area contributed by atoms with Crippen LogP contribution in [0.2, 0.25) is 0 Å². The number of rotatable bonds is 6. The minimum Gasteiger partial charge on any atom is -0.493 e. The molecule has 0 amide bonds. The van der Waals surface area contributed by atoms with Gasteiger partial charge in [0.15, 0.2) is 11.5 Å². The highest BCUT2D eigenvalue weighted by molar-refractivity contribution is 6.06. The van der Waals surface area contributed by atoms with E-state index in [-0.39, 0.29) is 6.10 Å². The van der Waals surface area contributed by atoms with E-state index < -0.39 is 6.10 Å². The molecule has 4 aromatic carbocycles. The molecule has 0 fully saturated rings. The molecule has 0 aromatic heterocycles. The Morgan fingerprint density at radius 2 is 1.50 bits per heavy atom. The largest absolute Gasteiger partial charge is 0.493 e. The fraction of sp³-hybridized carbons (Fsp3) is 0.200. The van der Waals surface area contributed by atoms with E-state index in [9.17, 15) is 5.11 Å². The Balaban J connectivity index is 1.85. The van der Waals surface area contributed by atoms with Gasteiger partial charge in [-0.15, -0.1) is 0 Å². The van der Waals surface area contributed by atoms with Crippen LogP contribution in [0.1, 0.15) is 29.7 Å². The molecule has 1 aliphatic heterocycles. The molecular formula is C30H28O4. The third kappa shape index (κ3) is 3.91. The zero-order valence-electron chi connectivity index (χ0n) is 19.6. The third-order valence-electron chi connectivity index (χ3n) is 6.28. The fourth-order valence-electron chi connectivity index (χ4n) is 4.77. The molecule has 1 aliphatic rings. The molecule has 1 N–H and O–H groups in total. The van der Waals surface area contributed by atoms with Gasteiger partial charge in [0.05, 0.1) is 20.3 Å². The first-order valence-corrected chi connectivity index (χ1v) is 11.5. The molecule has 0 saturated carbocycles. The van der Waals surface area contributed by atoms with E-state index in [1.807, 2.05) is 55.5 Å². The van der Waals surface area contributed by atoms with Crippen molar-refractivity contribution in [2.24, 2.45) is 0 Å². The Kier molecular flexibility index (Phi) is 5.99. The number of benzene rings is 4. The van der Waals surface area contributed by atoms with Crippen LogP contribution in [0.15, 0.2) is 78.9 Å². The summed E-state index contributed by atoms with van der Waals surface area (Å²) in [5.74, 6) is 2.10. The molecule has 4 aromatic rings. The standard InChI is InChI=1S/C30H28O4/c1-19(31)16-23-22-14-15-26(20-10-6-4-7-11-20)34-30(22)25-18-28(33-3)27(32-2)17-24(25)29(23)21-12-8-5-9-13-21/h4-15,17-19,26,31H,16H2,1-3H3. The molecule has 4 heteroatoms. The van der Waals surface area contributed by atoms with Crippen molar-refractivity contribution in [1.29, 1.82) is 0 Å². The summed E-state index contributed by atoms with van der Waals surface area (Å²) in [6, 6.07) is 24.5. The molecule has 2 unspecified atom stereocenters. The summed E-state index contributed by atoms with van der Waals surface area (Å²) in [7, 11) is 3.29. The number of aliphatic hydroxyl groups is 1. The highest BCUT2D eigenvalue weighted by atomic mass is 16.5. The Hall–Kier alpha value is -3.76. The third-order valence-corrected chi connectivity index (χ3v) is 6.28. The SMILES string of the molecule is COc1cc2c3c(c(CC(C)O)c(-c4ccccc4)c2cc1OC)C=CC(c1ccccc1)O3. The number of ether oxygens (including phenoxy) is 3. The quantitative estimate of drug-likeness (QED) is 0.358. The lowest BCUT2D eigenvalue weighted by Crippen LogP contribution is -2.14. The van der Waals surface area contributed by atoms with Gasteiger partial charge in [0.2, 0.25) is 0 Å². The molecule has 5 rings (SSSR count). The van der Waals surface area contributed by atoms with Crippen LogP contribution < -0.4 is 14.2 Å². The van der Waals surface area contributed by atoms with Crippen LogP contribution in [0.4, 0.5) is 0 Å². The van der Waals surface area contributed by atoms with Crippen LogP contribution in [0.3, 0.4) is 0 Å². The van der Waals surface area contributed by atoms with Gasteiger partial charge in [-0.25, -0.2) is 0 Å². The zero-order chi connectivity index (χ0) is 23.7. The van der Waals surface area contributed by atoms with E-state index in [1.54, 1.807) is 14.2 Å². The highest BCUT2D eigenvalue weighted by Gasteiger charge is 2.27. The maximum absolute atomic E-state index is 10.5. The van der Waals surface area contributed by atoms with Crippen LogP contribution >= 0.6 is 0 Å². The monoisotopic (exact) mass is 452 g/mol. The van der Waals surface area contributed by atoms with Gasteiger partial charge < -0.3 is 19.3 Å². The van der Waals surface area contributed by atoms with E-state index in [4.69, 9.17) is 14.2 Å². The average Bonchev–Trinajstić information content (AvgIpc) is 2.88. The summed E-state index contributed by atoms with van der Waals surface area (Å²) < 4.78 is 18.0. The van der Waals surface area contributed by atoms with E-state index >= 15 is 0 Å². The summed E-state index contributed by atoms with van der Waals surface area (Å²) in [5, 5.41) is 12.4. The first kappa shape index (κ1) is 22.1. The van der Waals surface area contributed by atoms with E-state index in [0.29, 0.717) is 17.9 Å². The predicted molar refractivity (Wildman–Crippen MR) is 137 cm³/mol. The van der Waals surface area contributed by atoms with Gasteiger partial charge >= 0.3 is 0 Å². The van der Waals surface area contributed by atoms with Crippen molar-refractivity contribution >= 4 is 16.8 Å². The van der Waals surface area contributed by atoms with Crippen molar-refractivity contribution in [3.8, 4) is 28.4 Å². The van der Waals surface area contributed by atoms with Gasteiger partial charge in [-0.3, -0.25) is 0 Å². The summed E-state index contributed by atoms with van der Waals surface area (Å²) in [6.07, 6.45) is 4.01. The topological polar surface area (TPSA) is 47.9 Å². The van der Waals surface area contributed by atoms with Crippen molar-refractivity contribution in [2.75, 3.05) is 14.2 Å². The fourth-order valence-corrected chi connectivity index (χ4v) is 4.77. The highest BCUT2D eigenvalue weighted by Crippen LogP contribution is 2.49. The van der Waals surface area contributed by atoms with Gasteiger partial charge in [0.1, 0.15) is 11.9 Å². The van der Waals surface area contributed by atoms with Crippen molar-refractivity contribution < 1.29 is 19.3 Å². The second-order valence-electron chi connectivity index (χ2n) is 8.58. The van der Waals surface area contributed by atoms with Gasteiger partial charge in [-0.05, 0) is 59.2 Å². The van der Waals surface area contributed by atoms with Gasteiger partial charge in [0, 0.05) is 10.9 Å². The first-order chi connectivity index (χ1) is 16.6. The van der Waals surface area contributed by atoms with E-state index in [2.05, 4.69) is 36.4 Å². The molecule has 0 aliphatic carbocycles. The van der Waals surface area contributed by atoms with Crippen molar-refractivity contribution in [2.45, 2.75) is 25.6 Å². The molecule has 2 atom stereocenters. The lowest BCUT2D eigenvalue weighted by molar-refractivity contribution is 0.195. The Morgan fingerprint density at radius 3 is 2.12 bits per heavy atom. The maximum Gasteiger partial charge on any atom is 0.161 e. The van der Waals surface area contributed by atoms with Crippen LogP contribution in [0.5, 0.6) is 17.2 Å². The first-order valence-electron chi connectivity index (χ1n) is 11.5. The number of methoxy groups -OCH3 is 2. The molecule has 0 radical (unpaired) electrons. The van der Waals surface area contributed by atoms with Crippen LogP contribution in [0.25, 0.3) is 28.0 Å². The molecule has 172 valence electrons. The number of aliphatic hydroxyl groups excluding tert-OH is 1. The Morgan fingerprint density at radius 1 is 0.882 bits per heavy atom. The second kappa shape index (κ2) is 9.24. The average molecular weight is 453 g/mol. The molecule has 34 heavy (non-hydrogen) atoms. The predicted octanol–water partition coefficient (Wildman–Crippen LogP) is 6.59. The second-order valence-corrected chi connectivity index (χ2v) is 8.58. The van der Waals surface area contributed by atoms with Crippen LogP contribution in [0, 0.1) is 0 Å². The smallest absolute Gasteiger partial charge is 0.161 e. The number of hydrogen-bond donors (Lipinski definition) is 1. The lowest BCUT2D eigenvalue weighted by Gasteiger charge is -2.28. The van der Waals surface area contributed by atoms with Crippen molar-refractivity contribution in [1.82, 2.24) is 0 Å². The summed E-state index contributed by atoms with van der Waals surface area (Å²) in [6.45, 7) is 1.82. The summed E-state index contributed by atoms with van der Waals surface area (Å²) >= 11 is 0. The zero-order valence-corrected chi connectivity index (χ0v) is 19.6. The minimum absolute atomic E-state index is 0.202. The molecule has 0 saturated heterocycles. The van der Waals surface area contributed by atoms with E-state index in [0.717, 1.165) is 44.3 Å². The number of fused-ring (bicyclic) bond motifs is 3. The molecule has 1 heterocycles. The molecule has 4 nitrogen and oxygen atoms in total. The number of hydrogen-bond acceptors (Lipinski definition) is 4. The molecule has 0 bridgehead atoms. The van der Waals surface area contributed by atoms with E-state index in [1.165, 1.54) is 0 Å². The summed E-state index contributed by atoms with van der Waals surface area (Å²) in [5.41, 5.74) is 5.28.